The van der Waals surface area contributed by atoms with Crippen molar-refractivity contribution in [1.29, 1.82) is 0 Å². The van der Waals surface area contributed by atoms with Crippen molar-refractivity contribution in [2.24, 2.45) is 13.0 Å². The lowest BCUT2D eigenvalue weighted by Gasteiger charge is -2.15. The van der Waals surface area contributed by atoms with Gasteiger partial charge in [0, 0.05) is 48.8 Å². The van der Waals surface area contributed by atoms with E-state index in [0.29, 0.717) is 25.9 Å². The van der Waals surface area contributed by atoms with Crippen molar-refractivity contribution >= 4 is 16.8 Å². The van der Waals surface area contributed by atoms with Gasteiger partial charge in [-0.05, 0) is 31.0 Å². The number of β-amino-alcohol motifs (C(OH)–C–C–N with tert-alkyl or cyclic N) is 1. The van der Waals surface area contributed by atoms with Gasteiger partial charge in [-0.3, -0.25) is 9.89 Å². The van der Waals surface area contributed by atoms with Crippen LogP contribution in [-0.2, 0) is 24.7 Å². The maximum absolute atomic E-state index is 12.8. The van der Waals surface area contributed by atoms with Crippen molar-refractivity contribution < 1.29 is 9.90 Å². The number of hydrogen-bond donors (Lipinski definition) is 2. The normalized spacial score (nSPS) is 20.2. The van der Waals surface area contributed by atoms with Gasteiger partial charge in [-0.25, -0.2) is 0 Å². The van der Waals surface area contributed by atoms with Crippen LogP contribution in [0.25, 0.3) is 10.9 Å². The number of nitrogens with zero attached hydrogens (tertiary/aromatic N) is 3. The number of fused-ring (bicyclic) bond motifs is 1. The minimum atomic E-state index is -0.497. The predicted octanol–water partition coefficient (Wildman–Crippen LogP) is 1.81. The topological polar surface area (TPSA) is 74.2 Å². The number of rotatable bonds is 4. The highest BCUT2D eigenvalue weighted by molar-refractivity contribution is 5.89. The summed E-state index contributed by atoms with van der Waals surface area (Å²) >= 11 is 0. The molecule has 1 aliphatic rings. The summed E-state index contributed by atoms with van der Waals surface area (Å²) in [5, 5.41) is 18.7. The molecule has 2 aromatic heterocycles. The minimum Gasteiger partial charge on any atom is -0.391 e. The number of para-hydroxylation sites is 1. The number of H-pyrrole nitrogens is 1. The SMILES string of the molecule is Cc1cc(C[C@@H]2CN(C(=O)Cc3cn(C)c4ccccc34)C[C@@H]2O)n[nH]1. The van der Waals surface area contributed by atoms with E-state index in [0.717, 1.165) is 27.9 Å². The van der Waals surface area contributed by atoms with Crippen LogP contribution in [0.4, 0.5) is 0 Å². The molecule has 3 aromatic rings. The van der Waals surface area contributed by atoms with Crippen molar-refractivity contribution in [3.8, 4) is 0 Å². The number of aliphatic hydroxyl groups excluding tert-OH is 1. The van der Waals surface area contributed by atoms with E-state index < -0.39 is 6.10 Å². The van der Waals surface area contributed by atoms with Crippen molar-refractivity contribution in [2.45, 2.75) is 25.9 Å². The number of carbonyl (C=O) groups excluding carboxylic acids is 1. The number of hydrogen-bond acceptors (Lipinski definition) is 3. The summed E-state index contributed by atoms with van der Waals surface area (Å²) in [6.45, 7) is 2.94. The Morgan fingerprint density at radius 2 is 2.15 bits per heavy atom. The van der Waals surface area contributed by atoms with Crippen LogP contribution in [0.5, 0.6) is 0 Å². The van der Waals surface area contributed by atoms with Gasteiger partial charge in [0.05, 0.1) is 18.2 Å². The summed E-state index contributed by atoms with van der Waals surface area (Å²) in [5.74, 6) is 0.107. The van der Waals surface area contributed by atoms with Crippen molar-refractivity contribution in [3.63, 3.8) is 0 Å². The molecule has 6 heteroatoms. The molecular formula is C20H24N4O2. The second-order valence-corrected chi connectivity index (χ2v) is 7.33. The molecule has 1 saturated heterocycles. The van der Waals surface area contributed by atoms with Crippen LogP contribution < -0.4 is 0 Å². The molecule has 136 valence electrons. The molecule has 0 radical (unpaired) electrons. The number of aryl methyl sites for hydroxylation is 2. The number of likely N-dealkylation sites (tertiary alicyclic amines) is 1. The van der Waals surface area contributed by atoms with Crippen LogP contribution in [0, 0.1) is 12.8 Å². The van der Waals surface area contributed by atoms with Crippen LogP contribution in [0.15, 0.2) is 36.5 Å². The maximum Gasteiger partial charge on any atom is 0.227 e. The number of carbonyl (C=O) groups is 1. The zero-order chi connectivity index (χ0) is 18.3. The number of aromatic amines is 1. The standard InChI is InChI=1S/C20H24N4O2/c1-13-7-16(22-21-13)8-15-11-24(12-19(15)25)20(26)9-14-10-23(2)18-6-4-3-5-17(14)18/h3-7,10,15,19,25H,8-9,11-12H2,1-2H3,(H,21,22)/t15-,19+/m1/s1. The molecule has 0 spiro atoms. The summed E-state index contributed by atoms with van der Waals surface area (Å²) < 4.78 is 2.06. The molecule has 26 heavy (non-hydrogen) atoms. The van der Waals surface area contributed by atoms with E-state index in [4.69, 9.17) is 0 Å². The van der Waals surface area contributed by atoms with E-state index in [1.807, 2.05) is 38.4 Å². The highest BCUT2D eigenvalue weighted by atomic mass is 16.3. The van der Waals surface area contributed by atoms with Gasteiger partial charge in [-0.15, -0.1) is 0 Å². The summed E-state index contributed by atoms with van der Waals surface area (Å²) in [6, 6.07) is 10.1. The largest absolute Gasteiger partial charge is 0.391 e. The summed E-state index contributed by atoms with van der Waals surface area (Å²) in [7, 11) is 2.00. The Bertz CT molecular complexity index is 942. The first-order valence-corrected chi connectivity index (χ1v) is 9.01. The second kappa shape index (κ2) is 6.61. The van der Waals surface area contributed by atoms with Crippen molar-refractivity contribution in [2.75, 3.05) is 13.1 Å². The molecular weight excluding hydrogens is 328 g/mol. The lowest BCUT2D eigenvalue weighted by atomic mass is 10.0. The third-order valence-electron chi connectivity index (χ3n) is 5.31. The van der Waals surface area contributed by atoms with E-state index in [2.05, 4.69) is 26.9 Å². The van der Waals surface area contributed by atoms with Gasteiger partial charge in [-0.2, -0.15) is 5.10 Å². The summed E-state index contributed by atoms with van der Waals surface area (Å²) in [4.78, 5) is 14.6. The van der Waals surface area contributed by atoms with Gasteiger partial charge in [0.25, 0.3) is 0 Å². The first-order valence-electron chi connectivity index (χ1n) is 9.01. The lowest BCUT2D eigenvalue weighted by Crippen LogP contribution is -2.31. The number of aromatic nitrogens is 3. The van der Waals surface area contributed by atoms with Crippen LogP contribution in [-0.4, -0.2) is 49.9 Å². The Morgan fingerprint density at radius 1 is 1.35 bits per heavy atom. The van der Waals surface area contributed by atoms with E-state index in [-0.39, 0.29) is 11.8 Å². The van der Waals surface area contributed by atoms with Gasteiger partial charge in [0.1, 0.15) is 0 Å². The van der Waals surface area contributed by atoms with Gasteiger partial charge in [0.15, 0.2) is 0 Å². The number of benzene rings is 1. The molecule has 2 N–H and O–H groups in total. The maximum atomic E-state index is 12.8. The van der Waals surface area contributed by atoms with Crippen LogP contribution in [0.3, 0.4) is 0 Å². The second-order valence-electron chi connectivity index (χ2n) is 7.33. The van der Waals surface area contributed by atoms with Gasteiger partial charge < -0.3 is 14.6 Å². The zero-order valence-electron chi connectivity index (χ0n) is 15.1. The summed E-state index contributed by atoms with van der Waals surface area (Å²) in [6.07, 6.45) is 2.58. The molecule has 1 fully saturated rings. The molecule has 2 atom stereocenters. The molecule has 1 aliphatic heterocycles. The van der Waals surface area contributed by atoms with E-state index in [1.54, 1.807) is 4.90 Å². The highest BCUT2D eigenvalue weighted by Gasteiger charge is 2.34. The quantitative estimate of drug-likeness (QED) is 0.752. The smallest absolute Gasteiger partial charge is 0.227 e. The molecule has 6 nitrogen and oxygen atoms in total. The Balaban J connectivity index is 1.45. The van der Waals surface area contributed by atoms with Gasteiger partial charge >= 0.3 is 0 Å². The zero-order valence-corrected chi connectivity index (χ0v) is 15.1. The van der Waals surface area contributed by atoms with Gasteiger partial charge in [-0.1, -0.05) is 18.2 Å². The molecule has 0 bridgehead atoms. The van der Waals surface area contributed by atoms with Crippen molar-refractivity contribution in [1.82, 2.24) is 19.7 Å². The molecule has 4 rings (SSSR count). The predicted molar refractivity (Wildman–Crippen MR) is 99.7 cm³/mol. The van der Waals surface area contributed by atoms with Gasteiger partial charge in [0.2, 0.25) is 5.91 Å². The fraction of sp³-hybridized carbons (Fsp3) is 0.400. The third kappa shape index (κ3) is 3.12. The lowest BCUT2D eigenvalue weighted by molar-refractivity contribution is -0.129. The fourth-order valence-electron chi connectivity index (χ4n) is 3.95. The molecule has 1 amide bonds. The Morgan fingerprint density at radius 3 is 2.92 bits per heavy atom. The third-order valence-corrected chi connectivity index (χ3v) is 5.31. The molecule has 0 aliphatic carbocycles. The minimum absolute atomic E-state index is 0.0363. The van der Waals surface area contributed by atoms with E-state index >= 15 is 0 Å². The molecule has 3 heterocycles. The Hall–Kier alpha value is -2.60. The summed E-state index contributed by atoms with van der Waals surface area (Å²) in [5.41, 5.74) is 4.11. The van der Waals surface area contributed by atoms with E-state index in [1.165, 1.54) is 0 Å². The Labute approximate surface area is 152 Å². The number of amides is 1. The highest BCUT2D eigenvalue weighted by Crippen LogP contribution is 2.24. The number of aliphatic hydroxyl groups is 1. The molecule has 0 saturated carbocycles. The van der Waals surface area contributed by atoms with Crippen molar-refractivity contribution in [3.05, 3.63) is 53.5 Å². The molecule has 1 aromatic carbocycles. The fourth-order valence-corrected chi connectivity index (χ4v) is 3.95. The van der Waals surface area contributed by atoms with E-state index in [9.17, 15) is 9.90 Å². The average Bonchev–Trinajstić information content (AvgIpc) is 3.28. The average molecular weight is 352 g/mol. The monoisotopic (exact) mass is 352 g/mol. The first kappa shape index (κ1) is 16.8. The number of nitrogens with one attached hydrogen (secondary N) is 1. The molecule has 0 unspecified atom stereocenters. The first-order chi connectivity index (χ1) is 12.5. The van der Waals surface area contributed by atoms with Crippen LogP contribution in [0.1, 0.15) is 17.0 Å². The Kier molecular flexibility index (Phi) is 4.28. The van der Waals surface area contributed by atoms with Crippen LogP contribution >= 0.6 is 0 Å². The van der Waals surface area contributed by atoms with Crippen LogP contribution in [0.2, 0.25) is 0 Å².